The molecular weight excluding hydrogens is 308 g/mol. The highest BCUT2D eigenvalue weighted by molar-refractivity contribution is 6.04. The molecule has 0 aliphatic heterocycles. The maximum Gasteiger partial charge on any atom is 0.307 e. The van der Waals surface area contributed by atoms with Gasteiger partial charge in [0.2, 0.25) is 5.56 Å². The summed E-state index contributed by atoms with van der Waals surface area (Å²) in [6.45, 7) is 4.05. The molecule has 0 saturated heterocycles. The van der Waals surface area contributed by atoms with Crippen LogP contribution in [0, 0.1) is 5.92 Å². The Morgan fingerprint density at radius 2 is 1.96 bits per heavy atom. The maximum atomic E-state index is 12.4. The van der Waals surface area contributed by atoms with Gasteiger partial charge in [-0.2, -0.15) is 0 Å². The molecule has 0 fully saturated rings. The molecule has 0 unspecified atom stereocenters. The van der Waals surface area contributed by atoms with Crippen LogP contribution in [0.15, 0.2) is 41.2 Å². The summed E-state index contributed by atoms with van der Waals surface area (Å²) < 4.78 is 0. The fourth-order valence-electron chi connectivity index (χ4n) is 2.42. The van der Waals surface area contributed by atoms with Crippen LogP contribution in [0.2, 0.25) is 0 Å². The zero-order valence-electron chi connectivity index (χ0n) is 13.6. The quantitative estimate of drug-likeness (QED) is 0.758. The number of rotatable bonds is 6. The molecule has 1 heterocycles. The molecule has 0 radical (unpaired) electrons. The lowest BCUT2D eigenvalue weighted by atomic mass is 10.1. The average Bonchev–Trinajstić information content (AvgIpc) is 2.45. The van der Waals surface area contributed by atoms with Crippen molar-refractivity contribution in [2.75, 3.05) is 5.32 Å². The van der Waals surface area contributed by atoms with Crippen molar-refractivity contribution in [2.24, 2.45) is 5.92 Å². The largest absolute Gasteiger partial charge is 0.481 e. The molecule has 2 aromatic rings. The van der Waals surface area contributed by atoms with Gasteiger partial charge in [-0.15, -0.1) is 0 Å². The topological polar surface area (TPSA) is 99.3 Å². The van der Waals surface area contributed by atoms with Gasteiger partial charge in [0.25, 0.3) is 5.91 Å². The molecule has 2 rings (SSSR count). The predicted octanol–water partition coefficient (Wildman–Crippen LogP) is 2.45. The van der Waals surface area contributed by atoms with E-state index in [0.717, 1.165) is 0 Å². The molecule has 0 aliphatic carbocycles. The molecule has 1 aromatic heterocycles. The Kier molecular flexibility index (Phi) is 5.52. The number of carboxylic acids is 1. The standard InChI is InChI=1S/C18H20N2O4/c1-11(2)6-15-9-13(10-16(21)19-15)18(24)20-14-5-3-4-12(7-14)8-17(22)23/h3-5,7,9-11H,6,8H2,1-2H3,(H,19,21)(H,20,24)(H,22,23). The van der Waals surface area contributed by atoms with Crippen LogP contribution in [0.3, 0.4) is 0 Å². The van der Waals surface area contributed by atoms with E-state index >= 15 is 0 Å². The third-order valence-corrected chi connectivity index (χ3v) is 3.33. The highest BCUT2D eigenvalue weighted by Gasteiger charge is 2.10. The van der Waals surface area contributed by atoms with Crippen molar-refractivity contribution in [2.45, 2.75) is 26.7 Å². The third-order valence-electron chi connectivity index (χ3n) is 3.33. The lowest BCUT2D eigenvalue weighted by Gasteiger charge is -2.09. The van der Waals surface area contributed by atoms with Crippen molar-refractivity contribution in [3.8, 4) is 0 Å². The number of amides is 1. The Hall–Kier alpha value is -2.89. The second kappa shape index (κ2) is 7.59. The first-order valence-corrected chi connectivity index (χ1v) is 7.69. The van der Waals surface area contributed by atoms with Gasteiger partial charge < -0.3 is 15.4 Å². The number of hydrogen-bond donors (Lipinski definition) is 3. The summed E-state index contributed by atoms with van der Waals surface area (Å²) in [6, 6.07) is 9.55. The highest BCUT2D eigenvalue weighted by Crippen LogP contribution is 2.13. The van der Waals surface area contributed by atoms with E-state index in [9.17, 15) is 14.4 Å². The first-order chi connectivity index (χ1) is 11.3. The van der Waals surface area contributed by atoms with E-state index in [2.05, 4.69) is 10.3 Å². The predicted molar refractivity (Wildman–Crippen MR) is 91.3 cm³/mol. The van der Waals surface area contributed by atoms with E-state index in [1.807, 2.05) is 13.8 Å². The van der Waals surface area contributed by atoms with E-state index in [1.54, 1.807) is 30.3 Å². The molecule has 0 saturated carbocycles. The number of aliphatic carboxylic acids is 1. The van der Waals surface area contributed by atoms with Gasteiger partial charge in [0.1, 0.15) is 0 Å². The Balaban J connectivity index is 2.19. The minimum atomic E-state index is -0.939. The number of carboxylic acid groups (broad SMARTS) is 1. The number of H-pyrrole nitrogens is 1. The Bertz CT molecular complexity index is 809. The van der Waals surface area contributed by atoms with E-state index in [1.165, 1.54) is 6.07 Å². The third kappa shape index (κ3) is 5.08. The van der Waals surface area contributed by atoms with E-state index in [4.69, 9.17) is 5.11 Å². The summed E-state index contributed by atoms with van der Waals surface area (Å²) >= 11 is 0. The normalized spacial score (nSPS) is 10.6. The number of anilines is 1. The number of carbonyl (C=O) groups excluding carboxylic acids is 1. The SMILES string of the molecule is CC(C)Cc1cc(C(=O)Nc2cccc(CC(=O)O)c2)cc(=O)[nH]1. The molecule has 6 nitrogen and oxygen atoms in total. The molecule has 1 aromatic carbocycles. The Morgan fingerprint density at radius 1 is 1.21 bits per heavy atom. The van der Waals surface area contributed by atoms with Gasteiger partial charge in [-0.25, -0.2) is 0 Å². The fraction of sp³-hybridized carbons (Fsp3) is 0.278. The average molecular weight is 328 g/mol. The van der Waals surface area contributed by atoms with Crippen molar-refractivity contribution in [1.82, 2.24) is 4.98 Å². The molecule has 126 valence electrons. The van der Waals surface area contributed by atoms with Crippen LogP contribution < -0.4 is 10.9 Å². The molecular formula is C18H20N2O4. The second-order valence-electron chi connectivity index (χ2n) is 6.08. The Labute approximate surface area is 139 Å². The first-order valence-electron chi connectivity index (χ1n) is 7.69. The summed E-state index contributed by atoms with van der Waals surface area (Å²) in [5.41, 5.74) is 1.74. The first kappa shape index (κ1) is 17.5. The van der Waals surface area contributed by atoms with Gasteiger partial charge in [-0.1, -0.05) is 26.0 Å². The fourth-order valence-corrected chi connectivity index (χ4v) is 2.42. The van der Waals surface area contributed by atoms with E-state index in [-0.39, 0.29) is 17.5 Å². The second-order valence-corrected chi connectivity index (χ2v) is 6.08. The smallest absolute Gasteiger partial charge is 0.307 e. The maximum absolute atomic E-state index is 12.4. The van der Waals surface area contributed by atoms with Crippen LogP contribution in [-0.2, 0) is 17.6 Å². The molecule has 0 bridgehead atoms. The van der Waals surface area contributed by atoms with Crippen LogP contribution in [0.4, 0.5) is 5.69 Å². The van der Waals surface area contributed by atoms with Crippen LogP contribution >= 0.6 is 0 Å². The molecule has 1 amide bonds. The number of benzene rings is 1. The Morgan fingerprint density at radius 3 is 2.62 bits per heavy atom. The summed E-state index contributed by atoms with van der Waals surface area (Å²) in [5.74, 6) is -0.989. The number of pyridine rings is 1. The zero-order valence-corrected chi connectivity index (χ0v) is 13.6. The summed E-state index contributed by atoms with van der Waals surface area (Å²) in [5, 5.41) is 11.5. The van der Waals surface area contributed by atoms with Crippen LogP contribution in [0.25, 0.3) is 0 Å². The number of aromatic nitrogens is 1. The monoisotopic (exact) mass is 328 g/mol. The van der Waals surface area contributed by atoms with Crippen LogP contribution in [-0.4, -0.2) is 22.0 Å². The molecule has 6 heteroatoms. The highest BCUT2D eigenvalue weighted by atomic mass is 16.4. The van der Waals surface area contributed by atoms with Gasteiger partial charge in [0.05, 0.1) is 6.42 Å². The number of aromatic amines is 1. The summed E-state index contributed by atoms with van der Waals surface area (Å²) in [7, 11) is 0. The summed E-state index contributed by atoms with van der Waals surface area (Å²) in [4.78, 5) is 37.6. The van der Waals surface area contributed by atoms with E-state index in [0.29, 0.717) is 29.3 Å². The zero-order chi connectivity index (χ0) is 17.7. The van der Waals surface area contributed by atoms with Crippen LogP contribution in [0.5, 0.6) is 0 Å². The molecule has 24 heavy (non-hydrogen) atoms. The van der Waals surface area contributed by atoms with Gasteiger partial charge in [0.15, 0.2) is 0 Å². The van der Waals surface area contributed by atoms with Crippen molar-refractivity contribution < 1.29 is 14.7 Å². The van der Waals surface area contributed by atoms with Crippen molar-refractivity contribution in [3.05, 3.63) is 63.6 Å². The minimum Gasteiger partial charge on any atom is -0.481 e. The lowest BCUT2D eigenvalue weighted by molar-refractivity contribution is -0.136. The van der Waals surface area contributed by atoms with Gasteiger partial charge in [-0.05, 0) is 36.1 Å². The number of nitrogens with one attached hydrogen (secondary N) is 2. The minimum absolute atomic E-state index is 0.118. The van der Waals surface area contributed by atoms with Crippen molar-refractivity contribution in [1.29, 1.82) is 0 Å². The van der Waals surface area contributed by atoms with Crippen molar-refractivity contribution in [3.63, 3.8) is 0 Å². The van der Waals surface area contributed by atoms with Gasteiger partial charge in [-0.3, -0.25) is 14.4 Å². The van der Waals surface area contributed by atoms with Crippen LogP contribution in [0.1, 0.15) is 35.5 Å². The van der Waals surface area contributed by atoms with Crippen molar-refractivity contribution >= 4 is 17.6 Å². The number of carbonyl (C=O) groups is 2. The molecule has 0 atom stereocenters. The lowest BCUT2D eigenvalue weighted by Crippen LogP contribution is -2.18. The summed E-state index contributed by atoms with van der Waals surface area (Å²) in [6.07, 6.45) is 0.553. The van der Waals surface area contributed by atoms with Gasteiger partial charge >= 0.3 is 5.97 Å². The van der Waals surface area contributed by atoms with E-state index < -0.39 is 11.9 Å². The molecule has 0 aliphatic rings. The van der Waals surface area contributed by atoms with Gasteiger partial charge in [0, 0.05) is 23.0 Å². The molecule has 3 N–H and O–H groups in total. The molecule has 0 spiro atoms. The number of hydrogen-bond acceptors (Lipinski definition) is 3.